The van der Waals surface area contributed by atoms with Crippen molar-refractivity contribution in [1.82, 2.24) is 4.98 Å². The molecule has 0 saturated carbocycles. The number of carbonyl (C=O) groups excluding carboxylic acids is 1. The summed E-state index contributed by atoms with van der Waals surface area (Å²) in [7, 11) is 3.07. The lowest BCUT2D eigenvalue weighted by atomic mass is 10.1. The number of urea groups is 1. The summed E-state index contributed by atoms with van der Waals surface area (Å²) in [6.07, 6.45) is 2.78. The minimum Gasteiger partial charge on any atom is -0.481 e. The fraction of sp³-hybridized carbons (Fsp3) is 0.118. The number of anilines is 2. The average molecular weight is 422 g/mol. The van der Waals surface area contributed by atoms with Gasteiger partial charge in [0.2, 0.25) is 5.88 Å². The van der Waals surface area contributed by atoms with E-state index in [0.29, 0.717) is 33.0 Å². The molecule has 0 fully saturated rings. The van der Waals surface area contributed by atoms with Gasteiger partial charge in [-0.1, -0.05) is 6.07 Å². The number of nitrogens with two attached hydrogens (primary N) is 1. The monoisotopic (exact) mass is 421 g/mol. The van der Waals surface area contributed by atoms with Crippen molar-refractivity contribution >= 4 is 39.0 Å². The van der Waals surface area contributed by atoms with Crippen LogP contribution >= 0.6 is 15.9 Å². The van der Waals surface area contributed by atoms with Crippen molar-refractivity contribution in [3.63, 3.8) is 0 Å². The summed E-state index contributed by atoms with van der Waals surface area (Å²) >= 11 is 3.32. The maximum Gasteiger partial charge on any atom is 0.323 e. The topological polar surface area (TPSA) is 102 Å². The van der Waals surface area contributed by atoms with Gasteiger partial charge in [-0.05, 0) is 40.2 Å². The van der Waals surface area contributed by atoms with Crippen LogP contribution in [0.3, 0.4) is 0 Å². The van der Waals surface area contributed by atoms with E-state index in [4.69, 9.17) is 10.5 Å². The molecule has 1 aromatic carbocycles. The van der Waals surface area contributed by atoms with Gasteiger partial charge in [-0.2, -0.15) is 0 Å². The third-order valence-corrected chi connectivity index (χ3v) is 3.88. The molecule has 0 aliphatic carbocycles. The first-order valence-corrected chi connectivity index (χ1v) is 8.20. The van der Waals surface area contributed by atoms with Crippen molar-refractivity contribution in [2.45, 2.75) is 0 Å². The molecule has 0 radical (unpaired) electrons. The average Bonchev–Trinajstić information content (AvgIpc) is 2.62. The van der Waals surface area contributed by atoms with Crippen LogP contribution in [-0.2, 0) is 0 Å². The summed E-state index contributed by atoms with van der Waals surface area (Å²) in [6.45, 7) is 0. The van der Waals surface area contributed by atoms with Gasteiger partial charge in [0.15, 0.2) is 0 Å². The minimum atomic E-state index is -0.545. The molecule has 7 nitrogen and oxygen atoms in total. The number of allylic oxidation sites excluding steroid dienone is 1. The van der Waals surface area contributed by atoms with Crippen LogP contribution in [0.1, 0.15) is 5.56 Å². The lowest BCUT2D eigenvalue weighted by Crippen LogP contribution is -2.20. The van der Waals surface area contributed by atoms with E-state index in [0.717, 1.165) is 0 Å². The first-order valence-electron chi connectivity index (χ1n) is 7.41. The lowest BCUT2D eigenvalue weighted by Gasteiger charge is -2.12. The van der Waals surface area contributed by atoms with Crippen LogP contribution in [0.25, 0.3) is 0 Å². The smallest absolute Gasteiger partial charge is 0.323 e. The van der Waals surface area contributed by atoms with Gasteiger partial charge in [0.05, 0.1) is 34.8 Å². The molecule has 0 unspecified atom stereocenters. The highest BCUT2D eigenvalue weighted by atomic mass is 79.9. The lowest BCUT2D eigenvalue weighted by molar-refractivity contribution is 0.262. The zero-order valence-electron chi connectivity index (χ0n) is 14.1. The van der Waals surface area contributed by atoms with Gasteiger partial charge in [0, 0.05) is 18.9 Å². The highest BCUT2D eigenvalue weighted by molar-refractivity contribution is 9.12. The summed E-state index contributed by atoms with van der Waals surface area (Å²) in [5.41, 5.74) is 7.30. The number of halogens is 2. The first-order chi connectivity index (χ1) is 12.5. The number of ether oxygens (including phenoxy) is 1. The molecule has 2 amide bonds. The van der Waals surface area contributed by atoms with Crippen molar-refractivity contribution in [1.29, 1.82) is 0 Å². The number of methoxy groups -OCH3 is 1. The minimum absolute atomic E-state index is 0.320. The Hall–Kier alpha value is -2.94. The van der Waals surface area contributed by atoms with Gasteiger partial charge >= 0.3 is 6.03 Å². The Kier molecular flexibility index (Phi) is 6.67. The molecule has 0 aliphatic heterocycles. The molecule has 0 atom stereocenters. The van der Waals surface area contributed by atoms with E-state index < -0.39 is 11.8 Å². The SMILES string of the molecule is CN=C(C(Br)=CN)c1cc(NC(=O)Nc2cccc(F)c2)cnc1OC. The molecule has 26 heavy (non-hydrogen) atoms. The Morgan fingerprint density at radius 2 is 2.08 bits per heavy atom. The van der Waals surface area contributed by atoms with Gasteiger partial charge in [0.1, 0.15) is 5.82 Å². The summed E-state index contributed by atoms with van der Waals surface area (Å²) in [6, 6.07) is 6.67. The molecular formula is C17H17BrFN5O2. The second kappa shape index (κ2) is 8.95. The second-order valence-corrected chi connectivity index (χ2v) is 5.81. The van der Waals surface area contributed by atoms with Crippen molar-refractivity contribution in [3.05, 3.63) is 58.6 Å². The van der Waals surface area contributed by atoms with Gasteiger partial charge in [0.25, 0.3) is 0 Å². The molecule has 0 aliphatic rings. The van der Waals surface area contributed by atoms with Crippen LogP contribution in [-0.4, -0.2) is 30.9 Å². The van der Waals surface area contributed by atoms with Crippen LogP contribution in [0.15, 0.2) is 52.2 Å². The van der Waals surface area contributed by atoms with E-state index in [-0.39, 0.29) is 0 Å². The Morgan fingerprint density at radius 3 is 2.69 bits per heavy atom. The van der Waals surface area contributed by atoms with E-state index in [2.05, 4.69) is 36.5 Å². The highest BCUT2D eigenvalue weighted by Gasteiger charge is 2.16. The quantitative estimate of drug-likeness (QED) is 0.642. The number of benzene rings is 1. The molecule has 1 aromatic heterocycles. The van der Waals surface area contributed by atoms with Crippen molar-refractivity contribution in [2.75, 3.05) is 24.8 Å². The van der Waals surface area contributed by atoms with Crippen LogP contribution in [0.5, 0.6) is 5.88 Å². The molecule has 2 rings (SSSR count). The zero-order valence-corrected chi connectivity index (χ0v) is 15.7. The summed E-state index contributed by atoms with van der Waals surface area (Å²) < 4.78 is 19.0. The number of aliphatic imine (C=N–C) groups is 1. The molecule has 1 heterocycles. The van der Waals surface area contributed by atoms with Gasteiger partial charge in [-0.25, -0.2) is 14.2 Å². The Morgan fingerprint density at radius 1 is 1.35 bits per heavy atom. The summed E-state index contributed by atoms with van der Waals surface area (Å²) in [5.74, 6) is -0.126. The maximum atomic E-state index is 13.2. The number of nitrogens with one attached hydrogen (secondary N) is 2. The van der Waals surface area contributed by atoms with Crippen LogP contribution in [0.2, 0.25) is 0 Å². The zero-order chi connectivity index (χ0) is 19.1. The number of carbonyl (C=O) groups is 1. The number of rotatable bonds is 5. The Balaban J connectivity index is 2.25. The number of pyridine rings is 1. The Bertz CT molecular complexity index is 870. The number of hydrogen-bond acceptors (Lipinski definition) is 5. The molecule has 2 aromatic rings. The normalized spacial score (nSPS) is 11.8. The maximum absolute atomic E-state index is 13.2. The predicted octanol–water partition coefficient (Wildman–Crippen LogP) is 3.49. The predicted molar refractivity (Wildman–Crippen MR) is 103 cm³/mol. The Labute approximate surface area is 158 Å². The third-order valence-electron chi connectivity index (χ3n) is 3.24. The number of nitrogens with zero attached hydrogens (tertiary/aromatic N) is 2. The van der Waals surface area contributed by atoms with Crippen molar-refractivity contribution in [2.24, 2.45) is 10.7 Å². The summed E-state index contributed by atoms with van der Waals surface area (Å²) in [5, 5.41) is 5.16. The van der Waals surface area contributed by atoms with Crippen LogP contribution in [0, 0.1) is 5.82 Å². The van der Waals surface area contributed by atoms with Gasteiger partial charge < -0.3 is 21.1 Å². The second-order valence-electron chi connectivity index (χ2n) is 4.96. The van der Waals surface area contributed by atoms with Crippen LogP contribution in [0.4, 0.5) is 20.6 Å². The van der Waals surface area contributed by atoms with Gasteiger partial charge in [-0.3, -0.25) is 4.99 Å². The van der Waals surface area contributed by atoms with Crippen LogP contribution < -0.4 is 21.1 Å². The largest absolute Gasteiger partial charge is 0.481 e. The third kappa shape index (κ3) is 4.79. The molecule has 0 spiro atoms. The van der Waals surface area contributed by atoms with Crippen molar-refractivity contribution < 1.29 is 13.9 Å². The molecular weight excluding hydrogens is 405 g/mol. The number of amides is 2. The molecule has 0 bridgehead atoms. The highest BCUT2D eigenvalue weighted by Crippen LogP contribution is 2.25. The molecule has 4 N–H and O–H groups in total. The fourth-order valence-corrected chi connectivity index (χ4v) is 2.54. The van der Waals surface area contributed by atoms with E-state index in [9.17, 15) is 9.18 Å². The molecule has 0 saturated heterocycles. The molecule has 9 heteroatoms. The first kappa shape index (κ1) is 19.4. The van der Waals surface area contributed by atoms with Crippen molar-refractivity contribution in [3.8, 4) is 5.88 Å². The van der Waals surface area contributed by atoms with E-state index in [1.54, 1.807) is 19.2 Å². The standard InChI is InChI=1S/C17H17BrFN5O2/c1-21-15(14(18)8-20)13-7-12(9-22-16(13)26-2)24-17(25)23-11-5-3-4-10(19)6-11/h3-9H,20H2,1-2H3,(H2,23,24,25). The number of aromatic nitrogens is 1. The van der Waals surface area contributed by atoms with Gasteiger partial charge in [-0.15, -0.1) is 0 Å². The van der Waals surface area contributed by atoms with E-state index in [1.165, 1.54) is 37.7 Å². The number of hydrogen-bond donors (Lipinski definition) is 3. The fourth-order valence-electron chi connectivity index (χ4n) is 2.15. The van der Waals surface area contributed by atoms with E-state index in [1.807, 2.05) is 0 Å². The summed E-state index contributed by atoms with van der Waals surface area (Å²) in [4.78, 5) is 20.4. The van der Waals surface area contributed by atoms with E-state index >= 15 is 0 Å². The molecule has 136 valence electrons.